The molecule has 0 atom stereocenters. The van der Waals surface area contributed by atoms with Gasteiger partial charge in [0.15, 0.2) is 0 Å². The molecule has 1 aromatic rings. The predicted molar refractivity (Wildman–Crippen MR) is 62.7 cm³/mol. The molecule has 0 aliphatic carbocycles. The number of hydrogen-bond donors (Lipinski definition) is 1. The summed E-state index contributed by atoms with van der Waals surface area (Å²) in [6, 6.07) is 6.17. The molecule has 14 heavy (non-hydrogen) atoms. The van der Waals surface area contributed by atoms with Crippen molar-refractivity contribution in [2.75, 3.05) is 13.7 Å². The first-order valence-electron chi connectivity index (χ1n) is 4.83. The lowest BCUT2D eigenvalue weighted by atomic mass is 10.2. The summed E-state index contributed by atoms with van der Waals surface area (Å²) in [6.07, 6.45) is 1.03. The highest BCUT2D eigenvalue weighted by molar-refractivity contribution is 9.10. The van der Waals surface area contributed by atoms with Crippen LogP contribution in [0.25, 0.3) is 0 Å². The monoisotopic (exact) mass is 257 g/mol. The summed E-state index contributed by atoms with van der Waals surface area (Å²) in [6.45, 7) is 3.75. The first kappa shape index (κ1) is 11.5. The fourth-order valence-corrected chi connectivity index (χ4v) is 1.73. The van der Waals surface area contributed by atoms with Gasteiger partial charge in [0.1, 0.15) is 5.75 Å². The van der Waals surface area contributed by atoms with Crippen LogP contribution in [0.1, 0.15) is 18.9 Å². The van der Waals surface area contributed by atoms with Crippen LogP contribution in [-0.4, -0.2) is 13.7 Å². The molecule has 0 aliphatic heterocycles. The zero-order chi connectivity index (χ0) is 10.4. The van der Waals surface area contributed by atoms with Crippen molar-refractivity contribution in [2.45, 2.75) is 19.9 Å². The third kappa shape index (κ3) is 3.31. The Bertz CT molecular complexity index is 289. The van der Waals surface area contributed by atoms with Crippen molar-refractivity contribution in [1.29, 1.82) is 0 Å². The van der Waals surface area contributed by atoms with Crippen molar-refractivity contribution in [3.05, 3.63) is 28.2 Å². The number of rotatable bonds is 5. The maximum atomic E-state index is 5.55. The van der Waals surface area contributed by atoms with Crippen LogP contribution in [0.4, 0.5) is 0 Å². The van der Waals surface area contributed by atoms with Crippen molar-refractivity contribution in [3.63, 3.8) is 0 Å². The number of ether oxygens (including phenoxy) is 1. The van der Waals surface area contributed by atoms with E-state index in [0.29, 0.717) is 0 Å². The van der Waals surface area contributed by atoms with E-state index in [0.717, 1.165) is 29.8 Å². The third-order valence-corrected chi connectivity index (χ3v) is 2.46. The van der Waals surface area contributed by atoms with Crippen LogP contribution in [-0.2, 0) is 6.54 Å². The molecule has 1 N–H and O–H groups in total. The second kappa shape index (κ2) is 6.04. The average molecular weight is 258 g/mol. The molecule has 0 spiro atoms. The number of hydrogen-bond acceptors (Lipinski definition) is 2. The number of benzene rings is 1. The molecule has 0 radical (unpaired) electrons. The fourth-order valence-electron chi connectivity index (χ4n) is 1.19. The van der Waals surface area contributed by atoms with E-state index in [1.807, 2.05) is 13.1 Å². The molecule has 0 amide bonds. The molecule has 0 saturated carbocycles. The standard InChI is InChI=1S/C11H16BrNO/c1-3-6-14-11-5-4-9(8-13-2)7-10(11)12/h4-5,7,13H,3,6,8H2,1-2H3. The van der Waals surface area contributed by atoms with Gasteiger partial charge < -0.3 is 10.1 Å². The van der Waals surface area contributed by atoms with Gasteiger partial charge in [-0.3, -0.25) is 0 Å². The van der Waals surface area contributed by atoms with Crippen LogP contribution in [0.5, 0.6) is 5.75 Å². The first-order chi connectivity index (χ1) is 6.77. The molecule has 1 rings (SSSR count). The average Bonchev–Trinajstić information content (AvgIpc) is 2.17. The summed E-state index contributed by atoms with van der Waals surface area (Å²) in [4.78, 5) is 0. The maximum Gasteiger partial charge on any atom is 0.133 e. The van der Waals surface area contributed by atoms with Gasteiger partial charge in [0.25, 0.3) is 0 Å². The maximum absolute atomic E-state index is 5.55. The van der Waals surface area contributed by atoms with Gasteiger partial charge in [0.05, 0.1) is 11.1 Å². The van der Waals surface area contributed by atoms with Gasteiger partial charge in [-0.2, -0.15) is 0 Å². The van der Waals surface area contributed by atoms with E-state index >= 15 is 0 Å². The van der Waals surface area contributed by atoms with Gasteiger partial charge in [-0.05, 0) is 47.1 Å². The van der Waals surface area contributed by atoms with Gasteiger partial charge in [-0.15, -0.1) is 0 Å². The Labute approximate surface area is 93.8 Å². The summed E-state index contributed by atoms with van der Waals surface area (Å²) in [5, 5.41) is 3.11. The lowest BCUT2D eigenvalue weighted by molar-refractivity contribution is 0.315. The molecular formula is C11H16BrNO. The molecule has 2 nitrogen and oxygen atoms in total. The van der Waals surface area contributed by atoms with Crippen LogP contribution >= 0.6 is 15.9 Å². The first-order valence-corrected chi connectivity index (χ1v) is 5.63. The highest BCUT2D eigenvalue weighted by Gasteiger charge is 2.01. The zero-order valence-electron chi connectivity index (χ0n) is 8.64. The van der Waals surface area contributed by atoms with Crippen molar-refractivity contribution in [1.82, 2.24) is 5.32 Å². The number of halogens is 1. The highest BCUT2D eigenvalue weighted by Crippen LogP contribution is 2.26. The Kier molecular flexibility index (Phi) is 4.98. The summed E-state index contributed by atoms with van der Waals surface area (Å²) in [5.74, 6) is 0.923. The smallest absolute Gasteiger partial charge is 0.133 e. The van der Waals surface area contributed by atoms with Crippen molar-refractivity contribution >= 4 is 15.9 Å². The van der Waals surface area contributed by atoms with Crippen molar-refractivity contribution in [3.8, 4) is 5.75 Å². The Morgan fingerprint density at radius 2 is 2.21 bits per heavy atom. The largest absolute Gasteiger partial charge is 0.492 e. The van der Waals surface area contributed by atoms with Gasteiger partial charge >= 0.3 is 0 Å². The summed E-state index contributed by atoms with van der Waals surface area (Å²) >= 11 is 3.49. The minimum absolute atomic E-state index is 0.768. The quantitative estimate of drug-likeness (QED) is 0.876. The van der Waals surface area contributed by atoms with Crippen LogP contribution in [0.3, 0.4) is 0 Å². The van der Waals surface area contributed by atoms with Crippen LogP contribution < -0.4 is 10.1 Å². The molecule has 0 aromatic heterocycles. The van der Waals surface area contributed by atoms with Gasteiger partial charge in [0.2, 0.25) is 0 Å². The van der Waals surface area contributed by atoms with Crippen molar-refractivity contribution < 1.29 is 4.74 Å². The number of nitrogens with one attached hydrogen (secondary N) is 1. The Morgan fingerprint density at radius 1 is 1.43 bits per heavy atom. The molecule has 0 unspecified atom stereocenters. The van der Waals surface area contributed by atoms with E-state index < -0.39 is 0 Å². The van der Waals surface area contributed by atoms with Crippen LogP contribution in [0, 0.1) is 0 Å². The van der Waals surface area contributed by atoms with Gasteiger partial charge in [-0.25, -0.2) is 0 Å². The molecule has 0 saturated heterocycles. The molecule has 78 valence electrons. The van der Waals surface area contributed by atoms with E-state index in [1.54, 1.807) is 0 Å². The lowest BCUT2D eigenvalue weighted by Gasteiger charge is -2.08. The third-order valence-electron chi connectivity index (χ3n) is 1.84. The second-order valence-corrected chi connectivity index (χ2v) is 4.00. The van der Waals surface area contributed by atoms with E-state index in [9.17, 15) is 0 Å². The molecule has 0 fully saturated rings. The van der Waals surface area contributed by atoms with Crippen molar-refractivity contribution in [2.24, 2.45) is 0 Å². The summed E-state index contributed by atoms with van der Waals surface area (Å²) < 4.78 is 6.58. The van der Waals surface area contributed by atoms with Crippen LogP contribution in [0.15, 0.2) is 22.7 Å². The Balaban J connectivity index is 2.68. The minimum atomic E-state index is 0.768. The Hall–Kier alpha value is -0.540. The fraction of sp³-hybridized carbons (Fsp3) is 0.455. The predicted octanol–water partition coefficient (Wildman–Crippen LogP) is 2.96. The van der Waals surface area contributed by atoms with Gasteiger partial charge in [-0.1, -0.05) is 13.0 Å². The zero-order valence-corrected chi connectivity index (χ0v) is 10.2. The van der Waals surface area contributed by atoms with E-state index in [1.165, 1.54) is 5.56 Å². The molecule has 3 heteroatoms. The van der Waals surface area contributed by atoms with Crippen LogP contribution in [0.2, 0.25) is 0 Å². The molecular weight excluding hydrogens is 242 g/mol. The second-order valence-electron chi connectivity index (χ2n) is 3.14. The Morgan fingerprint density at radius 3 is 2.79 bits per heavy atom. The normalized spacial score (nSPS) is 10.2. The SMILES string of the molecule is CCCOc1ccc(CNC)cc1Br. The summed E-state index contributed by atoms with van der Waals surface area (Å²) in [7, 11) is 1.94. The van der Waals surface area contributed by atoms with E-state index in [2.05, 4.69) is 40.3 Å². The molecule has 0 heterocycles. The highest BCUT2D eigenvalue weighted by atomic mass is 79.9. The van der Waals surface area contributed by atoms with Gasteiger partial charge in [0, 0.05) is 6.54 Å². The molecule has 0 aliphatic rings. The van der Waals surface area contributed by atoms with E-state index in [4.69, 9.17) is 4.74 Å². The molecule has 1 aromatic carbocycles. The minimum Gasteiger partial charge on any atom is -0.492 e. The van der Waals surface area contributed by atoms with E-state index in [-0.39, 0.29) is 0 Å². The molecule has 0 bridgehead atoms. The summed E-state index contributed by atoms with van der Waals surface area (Å²) in [5.41, 5.74) is 1.25. The topological polar surface area (TPSA) is 21.3 Å². The lowest BCUT2D eigenvalue weighted by Crippen LogP contribution is -2.05.